The lowest BCUT2D eigenvalue weighted by atomic mass is 10.2. The standard InChI is InChI=1S/C17H15N5O3/c18-16(23)21-12-5-1-10(2-6-12)14-9-20-15(25-14)11-3-7-13(8-4-11)22-17(19)24/h1-9H,(H3,18,21,23)(H3,19,22,24). The number of amides is 4. The Kier molecular flexibility index (Phi) is 4.34. The quantitative estimate of drug-likeness (QED) is 0.581. The van der Waals surface area contributed by atoms with E-state index >= 15 is 0 Å². The van der Waals surface area contributed by atoms with E-state index in [0.29, 0.717) is 23.0 Å². The summed E-state index contributed by atoms with van der Waals surface area (Å²) in [6, 6.07) is 12.7. The van der Waals surface area contributed by atoms with Crippen molar-refractivity contribution in [2.75, 3.05) is 10.6 Å². The summed E-state index contributed by atoms with van der Waals surface area (Å²) in [6.07, 6.45) is 1.61. The summed E-state index contributed by atoms with van der Waals surface area (Å²) in [5.74, 6) is 1.03. The van der Waals surface area contributed by atoms with Gasteiger partial charge in [-0.05, 0) is 48.5 Å². The first kappa shape index (κ1) is 16.1. The molecule has 0 saturated carbocycles. The van der Waals surface area contributed by atoms with Gasteiger partial charge in [0.25, 0.3) is 0 Å². The Morgan fingerprint density at radius 1 is 0.800 bits per heavy atom. The predicted molar refractivity (Wildman–Crippen MR) is 93.8 cm³/mol. The van der Waals surface area contributed by atoms with Gasteiger partial charge < -0.3 is 26.5 Å². The third kappa shape index (κ3) is 3.94. The highest BCUT2D eigenvalue weighted by Crippen LogP contribution is 2.27. The molecule has 0 bridgehead atoms. The predicted octanol–water partition coefficient (Wildman–Crippen LogP) is 2.99. The largest absolute Gasteiger partial charge is 0.436 e. The average molecular weight is 337 g/mol. The van der Waals surface area contributed by atoms with Crippen molar-refractivity contribution in [2.24, 2.45) is 11.5 Å². The number of hydrogen-bond donors (Lipinski definition) is 4. The van der Waals surface area contributed by atoms with E-state index in [1.165, 1.54) is 0 Å². The van der Waals surface area contributed by atoms with Gasteiger partial charge in [0.15, 0.2) is 5.76 Å². The number of primary amides is 2. The van der Waals surface area contributed by atoms with Crippen LogP contribution in [0.3, 0.4) is 0 Å². The fourth-order valence-corrected chi connectivity index (χ4v) is 2.24. The number of oxazole rings is 1. The zero-order chi connectivity index (χ0) is 17.8. The second-order valence-corrected chi connectivity index (χ2v) is 5.16. The number of nitrogens with zero attached hydrogens (tertiary/aromatic N) is 1. The summed E-state index contributed by atoms with van der Waals surface area (Å²) in [5, 5.41) is 4.97. The van der Waals surface area contributed by atoms with Gasteiger partial charge in [0.2, 0.25) is 5.89 Å². The van der Waals surface area contributed by atoms with Crippen molar-refractivity contribution in [1.82, 2.24) is 4.98 Å². The van der Waals surface area contributed by atoms with Crippen molar-refractivity contribution < 1.29 is 14.0 Å². The van der Waals surface area contributed by atoms with Crippen LogP contribution in [0, 0.1) is 0 Å². The van der Waals surface area contributed by atoms with Gasteiger partial charge in [-0.2, -0.15) is 0 Å². The van der Waals surface area contributed by atoms with E-state index in [4.69, 9.17) is 15.9 Å². The zero-order valence-electron chi connectivity index (χ0n) is 13.0. The summed E-state index contributed by atoms with van der Waals surface area (Å²) < 4.78 is 5.76. The van der Waals surface area contributed by atoms with Crippen molar-refractivity contribution in [1.29, 1.82) is 0 Å². The summed E-state index contributed by atoms with van der Waals surface area (Å²) in [6.45, 7) is 0. The normalized spacial score (nSPS) is 10.2. The number of carbonyl (C=O) groups excluding carboxylic acids is 2. The summed E-state index contributed by atoms with van der Waals surface area (Å²) in [5.41, 5.74) is 12.9. The van der Waals surface area contributed by atoms with Crippen LogP contribution in [0.5, 0.6) is 0 Å². The molecule has 0 fully saturated rings. The average Bonchev–Trinajstić information content (AvgIpc) is 3.05. The van der Waals surface area contributed by atoms with E-state index in [9.17, 15) is 9.59 Å². The number of benzene rings is 2. The van der Waals surface area contributed by atoms with E-state index in [2.05, 4.69) is 15.6 Å². The maximum absolute atomic E-state index is 10.8. The SMILES string of the molecule is NC(=O)Nc1ccc(-c2cnc(-c3ccc(NC(N)=O)cc3)o2)cc1. The lowest BCUT2D eigenvalue weighted by Gasteiger charge is -2.03. The topological polar surface area (TPSA) is 136 Å². The second-order valence-electron chi connectivity index (χ2n) is 5.16. The van der Waals surface area contributed by atoms with Crippen LogP contribution in [0.2, 0.25) is 0 Å². The molecule has 0 aliphatic rings. The van der Waals surface area contributed by atoms with Crippen molar-refractivity contribution in [3.63, 3.8) is 0 Å². The molecule has 0 aliphatic carbocycles. The molecule has 1 heterocycles. The van der Waals surface area contributed by atoms with Crippen LogP contribution >= 0.6 is 0 Å². The number of anilines is 2. The summed E-state index contributed by atoms with van der Waals surface area (Å²) in [7, 11) is 0. The first-order chi connectivity index (χ1) is 12.0. The molecule has 0 atom stereocenters. The first-order valence-electron chi connectivity index (χ1n) is 7.31. The molecular weight excluding hydrogens is 322 g/mol. The third-order valence-corrected chi connectivity index (χ3v) is 3.34. The molecule has 8 nitrogen and oxygen atoms in total. The van der Waals surface area contributed by atoms with Crippen LogP contribution in [0.4, 0.5) is 21.0 Å². The zero-order valence-corrected chi connectivity index (χ0v) is 13.0. The molecule has 4 amide bonds. The number of hydrogen-bond acceptors (Lipinski definition) is 4. The molecule has 6 N–H and O–H groups in total. The fourth-order valence-electron chi connectivity index (χ4n) is 2.24. The number of nitrogens with two attached hydrogens (primary N) is 2. The van der Waals surface area contributed by atoms with Gasteiger partial charge in [-0.25, -0.2) is 14.6 Å². The Labute approximate surface area is 142 Å². The lowest BCUT2D eigenvalue weighted by Crippen LogP contribution is -2.19. The van der Waals surface area contributed by atoms with Gasteiger partial charge in [0.05, 0.1) is 6.20 Å². The Morgan fingerprint density at radius 2 is 1.28 bits per heavy atom. The van der Waals surface area contributed by atoms with Crippen LogP contribution in [0.25, 0.3) is 22.8 Å². The first-order valence-corrected chi connectivity index (χ1v) is 7.31. The van der Waals surface area contributed by atoms with E-state index in [-0.39, 0.29) is 0 Å². The molecule has 126 valence electrons. The third-order valence-electron chi connectivity index (χ3n) is 3.34. The molecule has 8 heteroatoms. The van der Waals surface area contributed by atoms with Gasteiger partial charge in [-0.3, -0.25) is 0 Å². The molecule has 1 aromatic heterocycles. The highest BCUT2D eigenvalue weighted by molar-refractivity contribution is 5.88. The highest BCUT2D eigenvalue weighted by atomic mass is 16.4. The van der Waals surface area contributed by atoms with Gasteiger partial charge in [0, 0.05) is 22.5 Å². The molecule has 3 aromatic rings. The lowest BCUT2D eigenvalue weighted by molar-refractivity contribution is 0.258. The van der Waals surface area contributed by atoms with Crippen LogP contribution in [-0.4, -0.2) is 17.0 Å². The Morgan fingerprint density at radius 3 is 1.76 bits per heavy atom. The van der Waals surface area contributed by atoms with E-state index in [0.717, 1.165) is 11.1 Å². The Hall–Kier alpha value is -3.81. The maximum atomic E-state index is 10.8. The molecular formula is C17H15N5O3. The molecule has 2 aromatic carbocycles. The molecule has 0 spiro atoms. The molecule has 0 radical (unpaired) electrons. The van der Waals surface area contributed by atoms with Gasteiger partial charge in [-0.15, -0.1) is 0 Å². The van der Waals surface area contributed by atoms with Crippen molar-refractivity contribution in [3.8, 4) is 22.8 Å². The number of aromatic nitrogens is 1. The smallest absolute Gasteiger partial charge is 0.316 e. The van der Waals surface area contributed by atoms with E-state index in [1.807, 2.05) is 0 Å². The van der Waals surface area contributed by atoms with Crippen LogP contribution < -0.4 is 22.1 Å². The monoisotopic (exact) mass is 337 g/mol. The van der Waals surface area contributed by atoms with E-state index < -0.39 is 12.1 Å². The van der Waals surface area contributed by atoms with Crippen LogP contribution in [0.1, 0.15) is 0 Å². The molecule has 3 rings (SSSR count). The van der Waals surface area contributed by atoms with Gasteiger partial charge in [0.1, 0.15) is 0 Å². The summed E-state index contributed by atoms with van der Waals surface area (Å²) >= 11 is 0. The number of urea groups is 2. The highest BCUT2D eigenvalue weighted by Gasteiger charge is 2.09. The van der Waals surface area contributed by atoms with Crippen molar-refractivity contribution in [3.05, 3.63) is 54.7 Å². The van der Waals surface area contributed by atoms with Crippen molar-refractivity contribution >= 4 is 23.4 Å². The molecule has 0 unspecified atom stereocenters. The fraction of sp³-hybridized carbons (Fsp3) is 0. The van der Waals surface area contributed by atoms with E-state index in [1.54, 1.807) is 54.7 Å². The Balaban J connectivity index is 1.77. The minimum absolute atomic E-state index is 0.444. The number of nitrogens with one attached hydrogen (secondary N) is 2. The van der Waals surface area contributed by atoms with Gasteiger partial charge in [-0.1, -0.05) is 0 Å². The number of carbonyl (C=O) groups is 2. The molecule has 0 saturated heterocycles. The minimum Gasteiger partial charge on any atom is -0.436 e. The minimum atomic E-state index is -0.625. The van der Waals surface area contributed by atoms with Crippen molar-refractivity contribution in [2.45, 2.75) is 0 Å². The summed E-state index contributed by atoms with van der Waals surface area (Å²) in [4.78, 5) is 25.9. The number of rotatable bonds is 4. The maximum Gasteiger partial charge on any atom is 0.316 e. The van der Waals surface area contributed by atoms with Crippen LogP contribution in [-0.2, 0) is 0 Å². The second kappa shape index (κ2) is 6.75. The molecule has 0 aliphatic heterocycles. The molecule has 25 heavy (non-hydrogen) atoms. The van der Waals surface area contributed by atoms with Crippen LogP contribution in [0.15, 0.2) is 59.1 Å². The Bertz CT molecular complexity index is 827. The van der Waals surface area contributed by atoms with Gasteiger partial charge >= 0.3 is 12.1 Å².